The van der Waals surface area contributed by atoms with Gasteiger partial charge < -0.3 is 5.73 Å². The summed E-state index contributed by atoms with van der Waals surface area (Å²) < 4.78 is 0.987. The van der Waals surface area contributed by atoms with E-state index in [0.29, 0.717) is 12.5 Å². The van der Waals surface area contributed by atoms with E-state index in [-0.39, 0.29) is 0 Å². The maximum atomic E-state index is 5.87. The molecule has 1 fully saturated rings. The summed E-state index contributed by atoms with van der Waals surface area (Å²) in [6.45, 7) is 0.564. The highest BCUT2D eigenvalue weighted by atomic mass is 79.9. The molecule has 2 N–H and O–H groups in total. The molecule has 1 saturated carbocycles. The predicted molar refractivity (Wildman–Crippen MR) is 90.4 cm³/mol. The minimum atomic E-state index is 0.564. The van der Waals surface area contributed by atoms with Crippen molar-refractivity contribution in [3.8, 4) is 10.7 Å². The van der Waals surface area contributed by atoms with Gasteiger partial charge in [-0.25, -0.2) is 9.97 Å². The molecule has 0 aliphatic heterocycles. The Balaban J connectivity index is 1.87. The lowest BCUT2D eigenvalue weighted by Gasteiger charge is -2.03. The molecule has 3 nitrogen and oxygen atoms in total. The van der Waals surface area contributed by atoms with Gasteiger partial charge >= 0.3 is 0 Å². The summed E-state index contributed by atoms with van der Waals surface area (Å²) >= 11 is 5.31. The predicted octanol–water partition coefficient (Wildman–Crippen LogP) is 4.46. The molecule has 0 unspecified atom stereocenters. The minimum Gasteiger partial charge on any atom is -0.326 e. The van der Waals surface area contributed by atoms with Crippen molar-refractivity contribution in [3.05, 3.63) is 45.4 Å². The van der Waals surface area contributed by atoms with Crippen LogP contribution in [-0.4, -0.2) is 9.97 Å². The highest BCUT2D eigenvalue weighted by molar-refractivity contribution is 9.10. The Kier molecular flexibility index (Phi) is 3.28. The van der Waals surface area contributed by atoms with Gasteiger partial charge in [0.25, 0.3) is 0 Å². The van der Waals surface area contributed by atoms with E-state index in [1.165, 1.54) is 23.4 Å². The van der Waals surface area contributed by atoms with Crippen molar-refractivity contribution >= 4 is 38.2 Å². The fourth-order valence-electron chi connectivity index (χ4n) is 2.53. The van der Waals surface area contributed by atoms with Gasteiger partial charge in [-0.1, -0.05) is 18.2 Å². The first-order chi connectivity index (χ1) is 10.3. The second-order valence-electron chi connectivity index (χ2n) is 5.32. The van der Waals surface area contributed by atoms with Gasteiger partial charge in [-0.15, -0.1) is 11.3 Å². The Labute approximate surface area is 135 Å². The molecule has 1 aliphatic carbocycles. The normalized spacial score (nSPS) is 14.8. The summed E-state index contributed by atoms with van der Waals surface area (Å²) in [6.07, 6.45) is 2.48. The zero-order valence-corrected chi connectivity index (χ0v) is 13.7. The molecule has 106 valence electrons. The van der Waals surface area contributed by atoms with Crippen LogP contribution in [0, 0.1) is 0 Å². The van der Waals surface area contributed by atoms with E-state index in [1.54, 1.807) is 11.3 Å². The molecule has 0 radical (unpaired) electrons. The molecule has 2 aromatic heterocycles. The third kappa shape index (κ3) is 2.39. The number of thiazole rings is 1. The maximum absolute atomic E-state index is 5.87. The van der Waals surface area contributed by atoms with Crippen LogP contribution in [0.25, 0.3) is 21.6 Å². The lowest BCUT2D eigenvalue weighted by molar-refractivity contribution is 0.978. The minimum absolute atomic E-state index is 0.564. The molecule has 0 spiro atoms. The van der Waals surface area contributed by atoms with Crippen LogP contribution in [0.15, 0.2) is 34.8 Å². The van der Waals surface area contributed by atoms with Crippen LogP contribution in [0.3, 0.4) is 0 Å². The molecule has 0 atom stereocenters. The Morgan fingerprint density at radius 3 is 2.81 bits per heavy atom. The largest absolute Gasteiger partial charge is 0.326 e. The number of para-hydroxylation sites is 1. The third-order valence-electron chi connectivity index (χ3n) is 3.76. The van der Waals surface area contributed by atoms with Gasteiger partial charge in [0.2, 0.25) is 0 Å². The Hall–Kier alpha value is -1.30. The van der Waals surface area contributed by atoms with Crippen LogP contribution in [0.4, 0.5) is 0 Å². The van der Waals surface area contributed by atoms with E-state index >= 15 is 0 Å². The van der Waals surface area contributed by atoms with Crippen LogP contribution in [0.5, 0.6) is 0 Å². The molecule has 4 rings (SSSR count). The van der Waals surface area contributed by atoms with Gasteiger partial charge in [-0.3, -0.25) is 0 Å². The first-order valence-corrected chi connectivity index (χ1v) is 8.62. The Bertz CT molecular complexity index is 824. The van der Waals surface area contributed by atoms with Crippen molar-refractivity contribution < 1.29 is 0 Å². The zero-order chi connectivity index (χ0) is 14.4. The van der Waals surface area contributed by atoms with Gasteiger partial charge in [0.15, 0.2) is 0 Å². The molecule has 2 heterocycles. The second-order valence-corrected chi connectivity index (χ2v) is 7.26. The van der Waals surface area contributed by atoms with Crippen molar-refractivity contribution in [2.75, 3.05) is 0 Å². The summed E-state index contributed by atoms with van der Waals surface area (Å²) in [6, 6.07) is 10.2. The molecule has 5 heteroatoms. The number of hydrogen-bond acceptors (Lipinski definition) is 4. The van der Waals surface area contributed by atoms with Gasteiger partial charge in [-0.05, 0) is 40.9 Å². The van der Waals surface area contributed by atoms with Gasteiger partial charge in [0.05, 0.1) is 11.2 Å². The maximum Gasteiger partial charge on any atom is 0.143 e. The molecular weight excluding hydrogens is 346 g/mol. The van der Waals surface area contributed by atoms with Crippen LogP contribution >= 0.6 is 27.3 Å². The first kappa shape index (κ1) is 13.4. The molecule has 1 aliphatic rings. The number of fused-ring (bicyclic) bond motifs is 1. The van der Waals surface area contributed by atoms with E-state index in [1.807, 2.05) is 18.2 Å². The monoisotopic (exact) mass is 359 g/mol. The van der Waals surface area contributed by atoms with Crippen molar-refractivity contribution in [2.24, 2.45) is 5.73 Å². The molecule has 0 amide bonds. The highest BCUT2D eigenvalue weighted by Gasteiger charge is 2.29. The fourth-order valence-corrected chi connectivity index (χ4v) is 4.21. The number of benzene rings is 1. The van der Waals surface area contributed by atoms with E-state index in [0.717, 1.165) is 26.1 Å². The summed E-state index contributed by atoms with van der Waals surface area (Å²) in [4.78, 5) is 10.8. The number of nitrogens with two attached hydrogens (primary N) is 1. The second kappa shape index (κ2) is 5.16. The Morgan fingerprint density at radius 2 is 2.05 bits per heavy atom. The van der Waals surface area contributed by atoms with Crippen LogP contribution in [-0.2, 0) is 6.54 Å². The van der Waals surface area contributed by atoms with Gasteiger partial charge in [-0.2, -0.15) is 0 Å². The zero-order valence-electron chi connectivity index (χ0n) is 11.3. The molecular formula is C16H14BrN3S. The van der Waals surface area contributed by atoms with Gasteiger partial charge in [0.1, 0.15) is 10.7 Å². The van der Waals surface area contributed by atoms with Crippen LogP contribution < -0.4 is 5.73 Å². The summed E-state index contributed by atoms with van der Waals surface area (Å²) in [7, 11) is 0. The van der Waals surface area contributed by atoms with Crippen molar-refractivity contribution in [1.29, 1.82) is 0 Å². The average Bonchev–Trinajstić information content (AvgIpc) is 3.26. The van der Waals surface area contributed by atoms with Gasteiger partial charge in [0, 0.05) is 27.2 Å². The smallest absolute Gasteiger partial charge is 0.143 e. The first-order valence-electron chi connectivity index (χ1n) is 7.01. The molecule has 0 bridgehead atoms. The molecule has 0 saturated heterocycles. The number of nitrogens with zero attached hydrogens (tertiary/aromatic N) is 2. The van der Waals surface area contributed by atoms with E-state index in [4.69, 9.17) is 15.7 Å². The van der Waals surface area contributed by atoms with E-state index < -0.39 is 0 Å². The van der Waals surface area contributed by atoms with Crippen LogP contribution in [0.2, 0.25) is 0 Å². The number of halogens is 1. The van der Waals surface area contributed by atoms with Crippen LogP contribution in [0.1, 0.15) is 29.3 Å². The fraction of sp³-hybridized carbons (Fsp3) is 0.250. The summed E-state index contributed by atoms with van der Waals surface area (Å²) in [5.41, 5.74) is 8.98. The van der Waals surface area contributed by atoms with E-state index in [2.05, 4.69) is 28.1 Å². The Morgan fingerprint density at radius 1 is 1.24 bits per heavy atom. The number of pyridine rings is 1. The number of hydrogen-bond donors (Lipinski definition) is 1. The van der Waals surface area contributed by atoms with Crippen molar-refractivity contribution in [3.63, 3.8) is 0 Å². The SMILES string of the molecule is NCc1sc(-c2nc3ccccc3cc2Br)nc1C1CC1. The standard InChI is InChI=1S/C16H14BrN3S/c17-11-7-10-3-1-2-4-12(10)19-15(11)16-20-14(9-5-6-9)13(8-18)21-16/h1-4,7,9H,5-6,8,18H2. The summed E-state index contributed by atoms with van der Waals surface area (Å²) in [5, 5.41) is 2.10. The van der Waals surface area contributed by atoms with Crippen molar-refractivity contribution in [1.82, 2.24) is 9.97 Å². The topological polar surface area (TPSA) is 51.8 Å². The molecule has 1 aromatic carbocycles. The molecule has 21 heavy (non-hydrogen) atoms. The highest BCUT2D eigenvalue weighted by Crippen LogP contribution is 2.44. The number of rotatable bonds is 3. The lowest BCUT2D eigenvalue weighted by atomic mass is 10.2. The van der Waals surface area contributed by atoms with Crippen molar-refractivity contribution in [2.45, 2.75) is 25.3 Å². The third-order valence-corrected chi connectivity index (χ3v) is 5.46. The quantitative estimate of drug-likeness (QED) is 0.750. The lowest BCUT2D eigenvalue weighted by Crippen LogP contribution is -1.96. The average molecular weight is 360 g/mol. The molecule has 3 aromatic rings. The van der Waals surface area contributed by atoms with E-state index in [9.17, 15) is 0 Å². The summed E-state index contributed by atoms with van der Waals surface area (Å²) in [5.74, 6) is 0.618. The number of aromatic nitrogens is 2.